The van der Waals surface area contributed by atoms with E-state index in [9.17, 15) is 4.79 Å². The van der Waals surface area contributed by atoms with E-state index in [0.717, 1.165) is 11.1 Å². The maximum atomic E-state index is 12.0. The lowest BCUT2D eigenvalue weighted by molar-refractivity contribution is -0.144. The molecule has 0 aliphatic carbocycles. The van der Waals surface area contributed by atoms with Gasteiger partial charge in [0.15, 0.2) is 5.76 Å². The second-order valence-electron chi connectivity index (χ2n) is 5.69. The maximum absolute atomic E-state index is 12.0. The highest BCUT2D eigenvalue weighted by Gasteiger charge is 2.15. The van der Waals surface area contributed by atoms with Crippen LogP contribution in [0.5, 0.6) is 0 Å². The van der Waals surface area contributed by atoms with Crippen molar-refractivity contribution in [1.82, 2.24) is 10.3 Å². The third-order valence-corrected chi connectivity index (χ3v) is 3.78. The molecule has 3 aromatic rings. The van der Waals surface area contributed by atoms with E-state index < -0.39 is 0 Å². The average Bonchev–Trinajstić information content (AvgIpc) is 3.16. The van der Waals surface area contributed by atoms with Crippen molar-refractivity contribution in [2.75, 3.05) is 0 Å². The summed E-state index contributed by atoms with van der Waals surface area (Å²) in [6.45, 7) is 5.66. The Morgan fingerprint density at radius 1 is 1.08 bits per heavy atom. The Morgan fingerprint density at radius 2 is 1.83 bits per heavy atom. The minimum atomic E-state index is -0.357. The number of aromatic nitrogens is 2. The first-order valence-corrected chi connectivity index (χ1v) is 7.63. The largest absolute Gasteiger partial charge is 0.459 e. The zero-order valence-corrected chi connectivity index (χ0v) is 13.8. The van der Waals surface area contributed by atoms with Gasteiger partial charge in [-0.25, -0.2) is 0 Å². The maximum Gasteiger partial charge on any atom is 0.310 e. The number of nitrogens with zero attached hydrogens (tertiary/aromatic N) is 2. The van der Waals surface area contributed by atoms with Crippen LogP contribution in [-0.4, -0.2) is 16.3 Å². The van der Waals surface area contributed by atoms with Crippen LogP contribution >= 0.6 is 0 Å². The van der Waals surface area contributed by atoms with E-state index in [1.54, 1.807) is 19.9 Å². The monoisotopic (exact) mass is 326 g/mol. The summed E-state index contributed by atoms with van der Waals surface area (Å²) in [5.74, 6) is 0.920. The van der Waals surface area contributed by atoms with E-state index in [0.29, 0.717) is 22.9 Å². The molecule has 2 heterocycles. The van der Waals surface area contributed by atoms with Crippen LogP contribution < -0.4 is 0 Å². The summed E-state index contributed by atoms with van der Waals surface area (Å²) >= 11 is 0. The van der Waals surface area contributed by atoms with Gasteiger partial charge in [-0.05, 0) is 20.8 Å². The third-order valence-electron chi connectivity index (χ3n) is 3.78. The Kier molecular flexibility index (Phi) is 4.46. The van der Waals surface area contributed by atoms with Crippen LogP contribution in [0.4, 0.5) is 0 Å². The molecule has 0 amide bonds. The molecule has 1 aromatic carbocycles. The molecule has 0 aliphatic heterocycles. The van der Waals surface area contributed by atoms with Gasteiger partial charge in [-0.1, -0.05) is 40.1 Å². The highest BCUT2D eigenvalue weighted by Crippen LogP contribution is 2.21. The van der Waals surface area contributed by atoms with Gasteiger partial charge < -0.3 is 13.8 Å². The highest BCUT2D eigenvalue weighted by atomic mass is 16.5. The molecule has 0 saturated carbocycles. The van der Waals surface area contributed by atoms with Crippen LogP contribution in [0.25, 0.3) is 11.3 Å². The number of carbonyl (C=O) groups is 1. The van der Waals surface area contributed by atoms with Crippen molar-refractivity contribution in [3.63, 3.8) is 0 Å². The minimum Gasteiger partial charge on any atom is -0.459 e. The summed E-state index contributed by atoms with van der Waals surface area (Å²) < 4.78 is 15.6. The second-order valence-corrected chi connectivity index (χ2v) is 5.69. The molecule has 3 rings (SSSR count). The summed E-state index contributed by atoms with van der Waals surface area (Å²) in [6.07, 6.45) is 0.129. The zero-order chi connectivity index (χ0) is 17.1. The first-order valence-electron chi connectivity index (χ1n) is 7.63. The van der Waals surface area contributed by atoms with E-state index in [1.165, 1.54) is 5.56 Å². The molecule has 0 unspecified atom stereocenters. The predicted octanol–water partition coefficient (Wildman–Crippen LogP) is 3.54. The van der Waals surface area contributed by atoms with E-state index in [-0.39, 0.29) is 19.0 Å². The summed E-state index contributed by atoms with van der Waals surface area (Å²) in [6, 6.07) is 9.70. The van der Waals surface area contributed by atoms with Gasteiger partial charge >= 0.3 is 5.97 Å². The van der Waals surface area contributed by atoms with Crippen LogP contribution in [0, 0.1) is 20.8 Å². The van der Waals surface area contributed by atoms with Crippen molar-refractivity contribution < 1.29 is 18.6 Å². The predicted molar refractivity (Wildman–Crippen MR) is 86.2 cm³/mol. The highest BCUT2D eigenvalue weighted by molar-refractivity contribution is 5.73. The summed E-state index contributed by atoms with van der Waals surface area (Å²) in [5, 5.41) is 7.76. The smallest absolute Gasteiger partial charge is 0.310 e. The van der Waals surface area contributed by atoms with Crippen LogP contribution in [0.1, 0.15) is 28.3 Å². The van der Waals surface area contributed by atoms with Crippen molar-refractivity contribution in [3.8, 4) is 11.3 Å². The van der Waals surface area contributed by atoms with Gasteiger partial charge in [0, 0.05) is 17.2 Å². The molecule has 124 valence electrons. The molecule has 24 heavy (non-hydrogen) atoms. The number of rotatable bonds is 5. The van der Waals surface area contributed by atoms with Crippen LogP contribution in [0.3, 0.4) is 0 Å². The normalized spacial score (nSPS) is 10.8. The zero-order valence-electron chi connectivity index (χ0n) is 13.8. The summed E-state index contributed by atoms with van der Waals surface area (Å²) in [5.41, 5.74) is 4.14. The third kappa shape index (κ3) is 3.53. The molecule has 0 saturated heterocycles. The lowest BCUT2D eigenvalue weighted by atomic mass is 10.1. The molecule has 2 aromatic heterocycles. The van der Waals surface area contributed by atoms with Crippen molar-refractivity contribution in [1.29, 1.82) is 0 Å². The summed E-state index contributed by atoms with van der Waals surface area (Å²) in [7, 11) is 0. The van der Waals surface area contributed by atoms with E-state index in [1.807, 2.05) is 31.2 Å². The van der Waals surface area contributed by atoms with Gasteiger partial charge in [-0.15, -0.1) is 0 Å². The molecular formula is C18H18N2O4. The van der Waals surface area contributed by atoms with Crippen molar-refractivity contribution >= 4 is 5.97 Å². The molecule has 0 N–H and O–H groups in total. The van der Waals surface area contributed by atoms with Gasteiger partial charge in [-0.2, -0.15) is 0 Å². The van der Waals surface area contributed by atoms with Gasteiger partial charge in [0.05, 0.1) is 12.1 Å². The number of carbonyl (C=O) groups excluding carboxylic acids is 1. The number of ether oxygens (including phenoxy) is 1. The number of benzene rings is 1. The van der Waals surface area contributed by atoms with Gasteiger partial charge in [-0.3, -0.25) is 4.79 Å². The number of esters is 1. The topological polar surface area (TPSA) is 78.4 Å². The first kappa shape index (κ1) is 16.0. The molecule has 0 fully saturated rings. The first-order chi connectivity index (χ1) is 11.5. The quantitative estimate of drug-likeness (QED) is 0.667. The minimum absolute atomic E-state index is 0.0670. The molecule has 0 spiro atoms. The average molecular weight is 326 g/mol. The van der Waals surface area contributed by atoms with E-state index >= 15 is 0 Å². The Labute approximate surface area is 139 Å². The Balaban J connectivity index is 1.59. The van der Waals surface area contributed by atoms with E-state index in [4.69, 9.17) is 13.8 Å². The number of hydrogen-bond donors (Lipinski definition) is 0. The second kappa shape index (κ2) is 6.70. The fraction of sp³-hybridized carbons (Fsp3) is 0.278. The summed E-state index contributed by atoms with van der Waals surface area (Å²) in [4.78, 5) is 12.0. The van der Waals surface area contributed by atoms with Crippen molar-refractivity contribution in [2.24, 2.45) is 0 Å². The molecule has 0 radical (unpaired) electrons. The SMILES string of the molecule is Cc1ccc(-c2cc(COC(=O)Cc3c(C)noc3C)no2)cc1. The Hall–Kier alpha value is -2.89. The lowest BCUT2D eigenvalue weighted by Gasteiger charge is -2.02. The molecule has 6 nitrogen and oxygen atoms in total. The van der Waals surface area contributed by atoms with Gasteiger partial charge in [0.25, 0.3) is 0 Å². The number of aryl methyl sites for hydroxylation is 3. The molecular weight excluding hydrogens is 308 g/mol. The fourth-order valence-corrected chi connectivity index (χ4v) is 2.34. The van der Waals surface area contributed by atoms with Crippen LogP contribution in [0.15, 0.2) is 39.4 Å². The molecule has 0 atom stereocenters. The van der Waals surface area contributed by atoms with Crippen LogP contribution in [0.2, 0.25) is 0 Å². The lowest BCUT2D eigenvalue weighted by Crippen LogP contribution is -2.09. The van der Waals surface area contributed by atoms with Crippen LogP contribution in [-0.2, 0) is 22.6 Å². The Morgan fingerprint density at radius 3 is 2.50 bits per heavy atom. The Bertz CT molecular complexity index is 827. The standard InChI is InChI=1S/C18H18N2O4/c1-11-4-6-14(7-5-11)17-8-15(20-24-17)10-22-18(21)9-16-12(2)19-23-13(16)3/h4-8H,9-10H2,1-3H3. The van der Waals surface area contributed by atoms with E-state index in [2.05, 4.69) is 10.3 Å². The van der Waals surface area contributed by atoms with Crippen molar-refractivity contribution in [2.45, 2.75) is 33.8 Å². The fourth-order valence-electron chi connectivity index (χ4n) is 2.34. The molecule has 0 bridgehead atoms. The van der Waals surface area contributed by atoms with Crippen molar-refractivity contribution in [3.05, 3.63) is 58.6 Å². The van der Waals surface area contributed by atoms with Gasteiger partial charge in [0.2, 0.25) is 0 Å². The molecule has 0 aliphatic rings. The number of hydrogen-bond acceptors (Lipinski definition) is 6. The van der Waals surface area contributed by atoms with Gasteiger partial charge in [0.1, 0.15) is 18.1 Å². The molecule has 6 heteroatoms.